The zero-order valence-corrected chi connectivity index (χ0v) is 19.1. The molecule has 3 rings (SSSR count). The van der Waals surface area contributed by atoms with Crippen LogP contribution in [0, 0.1) is 0 Å². The highest BCUT2D eigenvalue weighted by Crippen LogP contribution is 2.24. The Morgan fingerprint density at radius 2 is 2.03 bits per heavy atom. The fourth-order valence-corrected chi connectivity index (χ4v) is 4.30. The van der Waals surface area contributed by atoms with Crippen molar-refractivity contribution in [3.63, 3.8) is 0 Å². The lowest BCUT2D eigenvalue weighted by atomic mass is 10.1. The average Bonchev–Trinajstić information content (AvgIpc) is 2.65. The molecule has 1 atom stereocenters. The first-order valence-electron chi connectivity index (χ1n) is 9.46. The van der Waals surface area contributed by atoms with Gasteiger partial charge in [-0.05, 0) is 32.9 Å². The predicted octanol–water partition coefficient (Wildman–Crippen LogP) is 2.68. The summed E-state index contributed by atoms with van der Waals surface area (Å²) in [5.74, 6) is 0.244. The Morgan fingerprint density at radius 3 is 2.68 bits per heavy atom. The van der Waals surface area contributed by atoms with E-state index in [-0.39, 0.29) is 23.9 Å². The van der Waals surface area contributed by atoms with Crippen LogP contribution >= 0.6 is 11.6 Å². The summed E-state index contributed by atoms with van der Waals surface area (Å²) in [6.45, 7) is 4.60. The molecule has 0 saturated heterocycles. The number of hydrogen-bond donors (Lipinski definition) is 3. The normalized spacial score (nSPS) is 13.2. The number of nitrogens with zero attached hydrogens (tertiary/aromatic N) is 3. The summed E-state index contributed by atoms with van der Waals surface area (Å²) < 4.78 is 25.5. The van der Waals surface area contributed by atoms with Crippen LogP contribution in [0.15, 0.2) is 41.3 Å². The summed E-state index contributed by atoms with van der Waals surface area (Å²) in [6, 6.07) is 8.02. The van der Waals surface area contributed by atoms with Crippen molar-refractivity contribution in [1.29, 1.82) is 0 Å². The van der Waals surface area contributed by atoms with E-state index in [0.717, 1.165) is 15.9 Å². The number of fused-ring (bicyclic) bond motifs is 1. The number of aromatic nitrogens is 3. The first kappa shape index (κ1) is 23.0. The van der Waals surface area contributed by atoms with Crippen LogP contribution in [-0.2, 0) is 10.0 Å². The Balaban J connectivity index is 1.92. The van der Waals surface area contributed by atoms with Gasteiger partial charge in [0.15, 0.2) is 0 Å². The average molecular weight is 466 g/mol. The molecule has 3 N–H and O–H groups in total. The monoisotopic (exact) mass is 465 g/mol. The second-order valence-electron chi connectivity index (χ2n) is 7.94. The topological polar surface area (TPSA) is 128 Å². The predicted molar refractivity (Wildman–Crippen MR) is 122 cm³/mol. The van der Waals surface area contributed by atoms with Gasteiger partial charge in [0, 0.05) is 23.2 Å². The molecule has 0 aliphatic heterocycles. The van der Waals surface area contributed by atoms with Gasteiger partial charge in [-0.25, -0.2) is 13.4 Å². The third kappa shape index (κ3) is 5.52. The highest BCUT2D eigenvalue weighted by molar-refractivity contribution is 7.92. The van der Waals surface area contributed by atoms with E-state index >= 15 is 0 Å². The Kier molecular flexibility index (Phi) is 6.26. The third-order valence-electron chi connectivity index (χ3n) is 4.50. The van der Waals surface area contributed by atoms with Crippen molar-refractivity contribution in [3.05, 3.63) is 57.5 Å². The molecular weight excluding hydrogens is 442 g/mol. The number of hydrogen-bond acceptors (Lipinski definition) is 7. The van der Waals surface area contributed by atoms with E-state index in [1.54, 1.807) is 25.1 Å². The fourth-order valence-electron chi connectivity index (χ4n) is 3.08. The maximum Gasteiger partial charge on any atom is 0.253 e. The zero-order valence-electron chi connectivity index (χ0n) is 17.5. The molecule has 0 aliphatic rings. The first-order chi connectivity index (χ1) is 14.3. The summed E-state index contributed by atoms with van der Waals surface area (Å²) in [7, 11) is -3.70. The summed E-state index contributed by atoms with van der Waals surface area (Å²) in [4.78, 5) is 23.8. The number of pyridine rings is 1. The lowest BCUT2D eigenvalue weighted by Crippen LogP contribution is -2.42. The number of sulfonamides is 1. The van der Waals surface area contributed by atoms with Crippen molar-refractivity contribution in [3.8, 4) is 0 Å². The van der Waals surface area contributed by atoms with E-state index in [0.29, 0.717) is 16.1 Å². The molecule has 0 saturated carbocycles. The largest absolute Gasteiger partial charge is 0.389 e. The van der Waals surface area contributed by atoms with E-state index in [1.165, 1.54) is 26.1 Å². The molecule has 0 spiro atoms. The molecule has 166 valence electrons. The smallest absolute Gasteiger partial charge is 0.253 e. The molecule has 9 nitrogen and oxygen atoms in total. The minimum atomic E-state index is -3.70. The molecule has 0 radical (unpaired) electrons. The number of halogens is 1. The second-order valence-corrected chi connectivity index (χ2v) is 10.3. The minimum absolute atomic E-state index is 0.105. The Labute approximate surface area is 185 Å². The van der Waals surface area contributed by atoms with Crippen molar-refractivity contribution in [1.82, 2.24) is 15.0 Å². The molecule has 0 amide bonds. The number of aromatic amines is 1. The van der Waals surface area contributed by atoms with E-state index in [4.69, 9.17) is 11.6 Å². The van der Waals surface area contributed by atoms with Crippen LogP contribution in [0.4, 0.5) is 11.8 Å². The summed E-state index contributed by atoms with van der Waals surface area (Å²) in [6.07, 6.45) is 2.45. The lowest BCUT2D eigenvalue weighted by molar-refractivity contribution is 0.0908. The second kappa shape index (κ2) is 8.45. The number of para-hydroxylation sites is 1. The van der Waals surface area contributed by atoms with Crippen molar-refractivity contribution >= 4 is 44.3 Å². The summed E-state index contributed by atoms with van der Waals surface area (Å²) in [5.41, 5.74) is -0.579. The molecule has 1 aromatic carbocycles. The van der Waals surface area contributed by atoms with E-state index in [2.05, 4.69) is 20.3 Å². The van der Waals surface area contributed by atoms with Crippen molar-refractivity contribution in [2.24, 2.45) is 0 Å². The van der Waals surface area contributed by atoms with Gasteiger partial charge in [0.05, 0.1) is 35.0 Å². The van der Waals surface area contributed by atoms with Crippen LogP contribution in [-0.4, -0.2) is 46.9 Å². The summed E-state index contributed by atoms with van der Waals surface area (Å²) >= 11 is 6.14. The molecule has 3 aromatic rings. The highest BCUT2D eigenvalue weighted by Gasteiger charge is 2.27. The maximum absolute atomic E-state index is 12.6. The number of nitrogens with one attached hydrogen (secondary N) is 2. The molecular formula is C20H24ClN5O4S. The molecule has 0 fully saturated rings. The van der Waals surface area contributed by atoms with Gasteiger partial charge < -0.3 is 15.4 Å². The number of aliphatic hydroxyl groups is 1. The van der Waals surface area contributed by atoms with Gasteiger partial charge in [-0.1, -0.05) is 23.7 Å². The van der Waals surface area contributed by atoms with Crippen molar-refractivity contribution in [2.75, 3.05) is 22.4 Å². The molecule has 0 unspecified atom stereocenters. The van der Waals surface area contributed by atoms with Crippen LogP contribution < -0.4 is 15.2 Å². The molecule has 11 heteroatoms. The fraction of sp³-hybridized carbons (Fsp3) is 0.350. The number of rotatable bonds is 7. The van der Waals surface area contributed by atoms with Gasteiger partial charge in [0.25, 0.3) is 5.56 Å². The highest BCUT2D eigenvalue weighted by atomic mass is 35.5. The van der Waals surface area contributed by atoms with Crippen molar-refractivity contribution < 1.29 is 13.5 Å². The Hall–Kier alpha value is -2.69. The molecule has 2 heterocycles. The van der Waals surface area contributed by atoms with Gasteiger partial charge in [0.1, 0.15) is 5.82 Å². The SMILES string of the molecule is C[C@H](Nc1nccc(N(CC(C)(C)O)S(C)(=O)=O)n1)c1cc2cccc(Cl)c2[nH]c1=O. The van der Waals surface area contributed by atoms with E-state index < -0.39 is 21.7 Å². The van der Waals surface area contributed by atoms with Crippen molar-refractivity contribution in [2.45, 2.75) is 32.4 Å². The number of benzene rings is 1. The quantitative estimate of drug-likeness (QED) is 0.489. The summed E-state index contributed by atoms with van der Waals surface area (Å²) in [5, 5.41) is 14.4. The number of anilines is 2. The molecule has 0 aliphatic carbocycles. The van der Waals surface area contributed by atoms with E-state index in [9.17, 15) is 18.3 Å². The first-order valence-corrected chi connectivity index (χ1v) is 11.7. The van der Waals surface area contributed by atoms with Gasteiger partial charge >= 0.3 is 0 Å². The Morgan fingerprint density at radius 1 is 1.32 bits per heavy atom. The van der Waals surface area contributed by atoms with E-state index in [1.807, 2.05) is 6.07 Å². The number of H-pyrrole nitrogens is 1. The van der Waals surface area contributed by atoms with Crippen LogP contribution in [0.5, 0.6) is 0 Å². The van der Waals surface area contributed by atoms with Crippen LogP contribution in [0.3, 0.4) is 0 Å². The van der Waals surface area contributed by atoms with Crippen LogP contribution in [0.1, 0.15) is 32.4 Å². The molecule has 0 bridgehead atoms. The van der Waals surface area contributed by atoms with Crippen LogP contribution in [0.25, 0.3) is 10.9 Å². The standard InChI is InChI=1S/C20H24ClN5O4S/c1-12(14-10-13-6-5-7-15(21)17(13)25-18(14)27)23-19-22-9-8-16(24-19)26(31(4,29)30)11-20(2,3)28/h5-10,12,28H,11H2,1-4H3,(H,25,27)(H,22,23,24)/t12-/m0/s1. The molecule has 2 aromatic heterocycles. The van der Waals surface area contributed by atoms with Gasteiger partial charge in [-0.15, -0.1) is 0 Å². The Bertz CT molecular complexity index is 1270. The molecule has 31 heavy (non-hydrogen) atoms. The van der Waals surface area contributed by atoms with Crippen LogP contribution in [0.2, 0.25) is 5.02 Å². The van der Waals surface area contributed by atoms with Gasteiger partial charge in [-0.3, -0.25) is 9.10 Å². The van der Waals surface area contributed by atoms with Gasteiger partial charge in [0.2, 0.25) is 16.0 Å². The van der Waals surface area contributed by atoms with Gasteiger partial charge in [-0.2, -0.15) is 4.98 Å². The third-order valence-corrected chi connectivity index (χ3v) is 5.93. The zero-order chi connectivity index (χ0) is 23.0. The maximum atomic E-state index is 12.6. The minimum Gasteiger partial charge on any atom is -0.389 e. The lowest BCUT2D eigenvalue weighted by Gasteiger charge is -2.28.